The summed E-state index contributed by atoms with van der Waals surface area (Å²) < 4.78 is 101. The molecule has 2 aliphatic heterocycles. The zero-order chi connectivity index (χ0) is 38.2. The molecular weight excluding hydrogens is 703 g/mol. The number of alkyl halides is 9. The lowest BCUT2D eigenvalue weighted by atomic mass is 9.85. The highest BCUT2D eigenvalue weighted by molar-refractivity contribution is 5.95. The number of hydrogen-bond acceptors (Lipinski definition) is 8. The lowest BCUT2D eigenvalue weighted by Gasteiger charge is -2.25. The number of aryl methyl sites for hydroxylation is 2. The maximum absolute atomic E-state index is 13.1. The standard InChI is InChI=1S/C23H24N4O2.3C2HF3O2/c1-16-11-19(17(2)29-16)22(28)26-10-7-23(14-26)15-27(13-18-5-3-8-24-12-18)20-6-4-9-25-21(20)23;3*3-2(4,5)1(6)7/h3-6,8-9,11-12H,7,10,13-15H2,1-2H3;3*(H,6,7). The molecule has 12 nitrogen and oxygen atoms in total. The van der Waals surface area contributed by atoms with E-state index in [0.29, 0.717) is 17.9 Å². The predicted octanol–water partition coefficient (Wildman–Crippen LogP) is 5.39. The molecule has 5 heterocycles. The number of furan rings is 1. The maximum atomic E-state index is 13.1. The van der Waals surface area contributed by atoms with Gasteiger partial charge in [-0.1, -0.05) is 6.07 Å². The number of carboxylic acid groups (broad SMARTS) is 3. The van der Waals surface area contributed by atoms with Crippen LogP contribution in [0.3, 0.4) is 0 Å². The van der Waals surface area contributed by atoms with Crippen molar-refractivity contribution in [2.75, 3.05) is 24.5 Å². The van der Waals surface area contributed by atoms with Crippen LogP contribution in [0.2, 0.25) is 0 Å². The minimum absolute atomic E-state index is 0.0550. The van der Waals surface area contributed by atoms with Gasteiger partial charge in [-0.3, -0.25) is 14.8 Å². The summed E-state index contributed by atoms with van der Waals surface area (Å²) in [5.41, 5.74) is 4.00. The Morgan fingerprint density at radius 2 is 1.36 bits per heavy atom. The molecule has 1 amide bonds. The molecule has 0 radical (unpaired) electrons. The number of aromatic nitrogens is 2. The molecule has 3 aromatic heterocycles. The molecule has 274 valence electrons. The third kappa shape index (κ3) is 11.1. The molecule has 50 heavy (non-hydrogen) atoms. The van der Waals surface area contributed by atoms with E-state index >= 15 is 0 Å². The average Bonchev–Trinajstić information content (AvgIpc) is 3.68. The number of halogens is 9. The van der Waals surface area contributed by atoms with Crippen molar-refractivity contribution in [3.63, 3.8) is 0 Å². The van der Waals surface area contributed by atoms with Gasteiger partial charge in [0, 0.05) is 44.8 Å². The van der Waals surface area contributed by atoms with E-state index < -0.39 is 36.4 Å². The third-order valence-electron chi connectivity index (χ3n) is 6.86. The van der Waals surface area contributed by atoms with E-state index in [9.17, 15) is 44.3 Å². The molecule has 5 rings (SSSR count). The highest BCUT2D eigenvalue weighted by atomic mass is 19.4. The van der Waals surface area contributed by atoms with Crippen LogP contribution in [0.5, 0.6) is 0 Å². The Labute approximate surface area is 275 Å². The summed E-state index contributed by atoms with van der Waals surface area (Å²) in [7, 11) is 0. The number of rotatable bonds is 3. The minimum atomic E-state index is -5.08. The SMILES string of the molecule is Cc1cc(C(=O)N2CCC3(C2)CN(Cc2cccnc2)c2cccnc23)c(C)o1.O=C(O)C(F)(F)F.O=C(O)C(F)(F)F.O=C(O)C(F)(F)F. The normalized spacial score (nSPS) is 16.6. The largest absolute Gasteiger partial charge is 0.490 e. The zero-order valence-corrected chi connectivity index (χ0v) is 25.7. The van der Waals surface area contributed by atoms with Crippen LogP contribution in [-0.4, -0.2) is 92.2 Å². The quantitative estimate of drug-likeness (QED) is 0.295. The van der Waals surface area contributed by atoms with Crippen molar-refractivity contribution in [3.05, 3.63) is 77.3 Å². The highest BCUT2D eigenvalue weighted by Crippen LogP contribution is 2.46. The fraction of sp³-hybridized carbons (Fsp3) is 0.379. The van der Waals surface area contributed by atoms with Crippen molar-refractivity contribution in [2.24, 2.45) is 0 Å². The molecule has 1 saturated heterocycles. The van der Waals surface area contributed by atoms with Crippen molar-refractivity contribution in [1.29, 1.82) is 0 Å². The number of carboxylic acids is 3. The Morgan fingerprint density at radius 1 is 0.840 bits per heavy atom. The Morgan fingerprint density at radius 3 is 1.80 bits per heavy atom. The first-order valence-electron chi connectivity index (χ1n) is 13.7. The third-order valence-corrected chi connectivity index (χ3v) is 6.86. The Kier molecular flexibility index (Phi) is 13.0. The lowest BCUT2D eigenvalue weighted by molar-refractivity contribution is -0.193. The van der Waals surface area contributed by atoms with Gasteiger partial charge in [-0.25, -0.2) is 14.4 Å². The molecule has 1 fully saturated rings. The van der Waals surface area contributed by atoms with Crippen molar-refractivity contribution in [2.45, 2.75) is 50.8 Å². The first-order chi connectivity index (χ1) is 22.9. The zero-order valence-electron chi connectivity index (χ0n) is 25.7. The fourth-order valence-electron chi connectivity index (χ4n) is 4.82. The summed E-state index contributed by atoms with van der Waals surface area (Å²) in [6.07, 6.45) is -8.76. The molecule has 2 aliphatic rings. The molecule has 3 N–H and O–H groups in total. The van der Waals surface area contributed by atoms with Crippen LogP contribution in [0.1, 0.15) is 39.6 Å². The number of pyridine rings is 2. The number of fused-ring (bicyclic) bond motifs is 2. The molecule has 21 heteroatoms. The van der Waals surface area contributed by atoms with Gasteiger partial charge in [-0.2, -0.15) is 39.5 Å². The van der Waals surface area contributed by atoms with Crippen LogP contribution in [-0.2, 0) is 26.3 Å². The van der Waals surface area contributed by atoms with E-state index in [0.717, 1.165) is 37.5 Å². The second kappa shape index (κ2) is 15.9. The summed E-state index contributed by atoms with van der Waals surface area (Å²) >= 11 is 0. The van der Waals surface area contributed by atoms with Crippen LogP contribution in [0.4, 0.5) is 45.2 Å². The number of likely N-dealkylation sites (tertiary alicyclic amines) is 1. The molecule has 1 unspecified atom stereocenters. The van der Waals surface area contributed by atoms with Crippen molar-refractivity contribution < 1.29 is 78.4 Å². The summed E-state index contributed by atoms with van der Waals surface area (Å²) in [4.78, 5) is 53.2. The highest BCUT2D eigenvalue weighted by Gasteiger charge is 2.49. The number of nitrogens with zero attached hydrogens (tertiary/aromatic N) is 4. The van der Waals surface area contributed by atoms with Crippen molar-refractivity contribution in [3.8, 4) is 0 Å². The molecule has 0 bridgehead atoms. The van der Waals surface area contributed by atoms with E-state index in [4.69, 9.17) is 39.1 Å². The Hall–Kier alpha value is -5.37. The van der Waals surface area contributed by atoms with Gasteiger partial charge >= 0.3 is 36.4 Å². The molecule has 1 atom stereocenters. The Bertz CT molecular complexity index is 1600. The van der Waals surface area contributed by atoms with Gasteiger partial charge in [0.25, 0.3) is 5.91 Å². The van der Waals surface area contributed by atoms with Crippen LogP contribution < -0.4 is 4.90 Å². The van der Waals surface area contributed by atoms with Gasteiger partial charge in [0.1, 0.15) is 11.5 Å². The number of aliphatic carboxylic acids is 3. The van der Waals surface area contributed by atoms with Crippen LogP contribution in [0.25, 0.3) is 0 Å². The van der Waals surface area contributed by atoms with Gasteiger partial charge < -0.3 is 29.5 Å². The summed E-state index contributed by atoms with van der Waals surface area (Å²) in [5, 5.41) is 21.4. The minimum Gasteiger partial charge on any atom is -0.475 e. The van der Waals surface area contributed by atoms with E-state index in [1.807, 2.05) is 49.3 Å². The van der Waals surface area contributed by atoms with Gasteiger partial charge in [-0.15, -0.1) is 0 Å². The van der Waals surface area contributed by atoms with E-state index in [-0.39, 0.29) is 11.3 Å². The predicted molar refractivity (Wildman–Crippen MR) is 151 cm³/mol. The molecule has 0 saturated carbocycles. The van der Waals surface area contributed by atoms with Gasteiger partial charge in [0.05, 0.1) is 22.4 Å². The van der Waals surface area contributed by atoms with Crippen LogP contribution >= 0.6 is 0 Å². The smallest absolute Gasteiger partial charge is 0.475 e. The van der Waals surface area contributed by atoms with Crippen molar-refractivity contribution >= 4 is 29.5 Å². The lowest BCUT2D eigenvalue weighted by Crippen LogP contribution is -2.38. The average molecular weight is 731 g/mol. The fourth-order valence-corrected chi connectivity index (χ4v) is 4.82. The van der Waals surface area contributed by atoms with Gasteiger partial charge in [0.15, 0.2) is 0 Å². The maximum Gasteiger partial charge on any atom is 0.490 e. The first kappa shape index (κ1) is 40.8. The number of carbonyl (C=O) groups excluding carboxylic acids is 1. The molecule has 3 aromatic rings. The summed E-state index contributed by atoms with van der Waals surface area (Å²) in [6.45, 7) is 6.81. The van der Waals surface area contributed by atoms with Crippen LogP contribution in [0.15, 0.2) is 53.3 Å². The summed E-state index contributed by atoms with van der Waals surface area (Å²) in [5.74, 6) is -6.75. The van der Waals surface area contributed by atoms with Gasteiger partial charge in [-0.05, 0) is 50.1 Å². The van der Waals surface area contributed by atoms with Crippen molar-refractivity contribution in [1.82, 2.24) is 14.9 Å². The number of anilines is 1. The monoisotopic (exact) mass is 730 g/mol. The summed E-state index contributed by atoms with van der Waals surface area (Å²) in [6, 6.07) is 10.0. The van der Waals surface area contributed by atoms with Crippen LogP contribution in [0, 0.1) is 13.8 Å². The van der Waals surface area contributed by atoms with E-state index in [1.165, 1.54) is 11.3 Å². The topological polar surface area (TPSA) is 174 Å². The molecular formula is C29H27F9N4O8. The number of hydrogen-bond donors (Lipinski definition) is 3. The second-order valence-corrected chi connectivity index (χ2v) is 10.6. The Balaban J connectivity index is 0.000000338. The molecule has 0 aliphatic carbocycles. The first-order valence-corrected chi connectivity index (χ1v) is 13.7. The van der Waals surface area contributed by atoms with Gasteiger partial charge in [0.2, 0.25) is 0 Å². The number of carbonyl (C=O) groups is 4. The number of amides is 1. The molecule has 1 spiro atoms. The van der Waals surface area contributed by atoms with E-state index in [1.54, 1.807) is 6.20 Å². The van der Waals surface area contributed by atoms with E-state index in [2.05, 4.69) is 22.0 Å². The molecule has 0 aromatic carbocycles. The second-order valence-electron chi connectivity index (χ2n) is 10.6.